The minimum absolute atomic E-state index is 0.0217. The molecule has 0 aromatic carbocycles. The Bertz CT molecular complexity index is 1730. The first-order chi connectivity index (χ1) is 26.8. The minimum atomic E-state index is -2.05. The molecule has 0 aromatic rings. The molecule has 0 bridgehead atoms. The highest BCUT2D eigenvalue weighted by molar-refractivity contribution is 5.95. The molecule has 0 spiro atoms. The van der Waals surface area contributed by atoms with Gasteiger partial charge in [0, 0.05) is 5.92 Å². The maximum Gasteiger partial charge on any atom is 0.335 e. The predicted octanol–water partition coefficient (Wildman–Crippen LogP) is 2.25. The number of carbonyl (C=O) groups excluding carboxylic acids is 1. The summed E-state index contributed by atoms with van der Waals surface area (Å²) in [5.41, 5.74) is -1.81. The van der Waals surface area contributed by atoms with Gasteiger partial charge in [0.1, 0.15) is 36.6 Å². The summed E-state index contributed by atoms with van der Waals surface area (Å²) >= 11 is 0. The van der Waals surface area contributed by atoms with Gasteiger partial charge in [-0.25, -0.2) is 9.59 Å². The van der Waals surface area contributed by atoms with Gasteiger partial charge in [-0.2, -0.15) is 0 Å². The highest BCUT2D eigenvalue weighted by Crippen LogP contribution is 2.75. The number of aliphatic carboxylic acids is 3. The summed E-state index contributed by atoms with van der Waals surface area (Å²) in [6.45, 7) is 14.8. The number of allylic oxidation sites excluding steroid dienone is 2. The largest absolute Gasteiger partial charge is 0.481 e. The minimum Gasteiger partial charge on any atom is -0.481 e. The van der Waals surface area contributed by atoms with Crippen LogP contribution in [-0.4, -0.2) is 132 Å². The Hall–Kier alpha value is -2.54. The van der Waals surface area contributed by atoms with Crippen molar-refractivity contribution in [2.45, 2.75) is 174 Å². The zero-order valence-corrected chi connectivity index (χ0v) is 34.4. The van der Waals surface area contributed by atoms with E-state index >= 15 is 0 Å². The van der Waals surface area contributed by atoms with Gasteiger partial charge >= 0.3 is 17.9 Å². The van der Waals surface area contributed by atoms with Crippen molar-refractivity contribution in [1.29, 1.82) is 0 Å². The third-order valence-corrected chi connectivity index (χ3v) is 17.2. The van der Waals surface area contributed by atoms with Crippen LogP contribution in [0.5, 0.6) is 0 Å². The Balaban J connectivity index is 1.17. The molecule has 16 heteroatoms. The Morgan fingerprint density at radius 1 is 0.690 bits per heavy atom. The number of rotatable bonds is 7. The smallest absolute Gasteiger partial charge is 0.335 e. The van der Waals surface area contributed by atoms with Gasteiger partial charge < -0.3 is 59.8 Å². The second kappa shape index (κ2) is 14.3. The Kier molecular flexibility index (Phi) is 10.7. The van der Waals surface area contributed by atoms with Crippen LogP contribution in [0, 0.1) is 50.2 Å². The van der Waals surface area contributed by atoms with E-state index in [9.17, 15) is 60.0 Å². The van der Waals surface area contributed by atoms with Gasteiger partial charge in [-0.15, -0.1) is 0 Å². The van der Waals surface area contributed by atoms with E-state index in [1.54, 1.807) is 0 Å². The molecule has 2 heterocycles. The van der Waals surface area contributed by atoms with Crippen molar-refractivity contribution in [3.8, 4) is 0 Å². The van der Waals surface area contributed by atoms with Crippen molar-refractivity contribution in [2.75, 3.05) is 0 Å². The van der Waals surface area contributed by atoms with Gasteiger partial charge in [-0.3, -0.25) is 9.59 Å². The zero-order chi connectivity index (χ0) is 42.9. The normalized spacial score (nSPS) is 52.6. The maximum absolute atomic E-state index is 14.8. The second-order valence-electron chi connectivity index (χ2n) is 20.6. The van der Waals surface area contributed by atoms with Crippen molar-refractivity contribution in [1.82, 2.24) is 0 Å². The van der Waals surface area contributed by atoms with Crippen molar-refractivity contribution < 1.29 is 79.0 Å². The number of carboxylic acid groups (broad SMARTS) is 3. The lowest BCUT2D eigenvalue weighted by molar-refractivity contribution is -0.371. The molecule has 0 radical (unpaired) electrons. The van der Waals surface area contributed by atoms with Gasteiger partial charge in [0.25, 0.3) is 0 Å². The molecule has 5 aliphatic carbocycles. The summed E-state index contributed by atoms with van der Waals surface area (Å²) in [7, 11) is 0. The molecular weight excluding hydrogens is 760 g/mol. The molecule has 58 heavy (non-hydrogen) atoms. The second-order valence-corrected chi connectivity index (χ2v) is 20.6. The van der Waals surface area contributed by atoms with Crippen LogP contribution >= 0.6 is 0 Å². The van der Waals surface area contributed by atoms with Crippen molar-refractivity contribution >= 4 is 23.7 Å². The van der Waals surface area contributed by atoms with Crippen molar-refractivity contribution in [3.05, 3.63) is 11.6 Å². The molecule has 7 aliphatic rings. The molecule has 2 saturated heterocycles. The van der Waals surface area contributed by atoms with E-state index in [1.807, 2.05) is 26.8 Å². The number of carbonyl (C=O) groups is 4. The Morgan fingerprint density at radius 2 is 1.28 bits per heavy atom. The van der Waals surface area contributed by atoms with E-state index < -0.39 is 107 Å². The molecule has 0 amide bonds. The van der Waals surface area contributed by atoms with E-state index in [0.717, 1.165) is 37.7 Å². The molecule has 0 aromatic heterocycles. The number of hydrogen-bond donors (Lipinski definition) is 8. The first-order valence-electron chi connectivity index (χ1n) is 20.7. The van der Waals surface area contributed by atoms with Crippen LogP contribution in [0.1, 0.15) is 106 Å². The number of ketones is 1. The fourth-order valence-electron chi connectivity index (χ4n) is 13.4. The molecular formula is C42H62O16. The zero-order valence-electron chi connectivity index (χ0n) is 34.4. The van der Waals surface area contributed by atoms with Crippen LogP contribution in [-0.2, 0) is 38.1 Å². The van der Waals surface area contributed by atoms with E-state index in [-0.39, 0.29) is 34.4 Å². The van der Waals surface area contributed by atoms with E-state index in [2.05, 4.69) is 27.7 Å². The SMILES string of the molecule is CC1(C(=O)O)CCC2(C)CCC3(C)C(=CC(=O)[C@@H]4C5(C)CCC(O[C@H]6OC(C(=O)O)C(O)C(O)C6O[C@@H]6OC(C(=O)O)C(O)C(O)C6O)C(C)(C)[C@@H]5CCC43C)[C@H]2C1. The number of aliphatic hydroxyl groups is 5. The summed E-state index contributed by atoms with van der Waals surface area (Å²) < 4.78 is 23.4. The summed E-state index contributed by atoms with van der Waals surface area (Å²) in [5.74, 6) is -4.47. The lowest BCUT2D eigenvalue weighted by atomic mass is 9.33. The van der Waals surface area contributed by atoms with Crippen LogP contribution in [0.15, 0.2) is 11.6 Å². The van der Waals surface area contributed by atoms with E-state index in [1.165, 1.54) is 0 Å². The van der Waals surface area contributed by atoms with Gasteiger partial charge in [0.15, 0.2) is 30.6 Å². The van der Waals surface area contributed by atoms with Crippen LogP contribution in [0.4, 0.5) is 0 Å². The Morgan fingerprint density at radius 3 is 1.88 bits per heavy atom. The number of fused-ring (bicyclic) bond motifs is 7. The summed E-state index contributed by atoms with van der Waals surface area (Å²) in [5, 5.41) is 83.0. The number of hydrogen-bond acceptors (Lipinski definition) is 13. The van der Waals surface area contributed by atoms with Crippen molar-refractivity contribution in [3.63, 3.8) is 0 Å². The average molecular weight is 823 g/mol. The third kappa shape index (κ3) is 6.25. The van der Waals surface area contributed by atoms with Gasteiger partial charge in [-0.1, -0.05) is 47.1 Å². The monoisotopic (exact) mass is 822 g/mol. The molecule has 7 rings (SSSR count). The molecule has 326 valence electrons. The summed E-state index contributed by atoms with van der Waals surface area (Å²) in [4.78, 5) is 51.3. The summed E-state index contributed by atoms with van der Waals surface area (Å²) in [6.07, 6.45) is -12.2. The van der Waals surface area contributed by atoms with Crippen LogP contribution in [0.2, 0.25) is 0 Å². The number of carboxylic acids is 3. The van der Waals surface area contributed by atoms with E-state index in [0.29, 0.717) is 25.7 Å². The highest BCUT2D eigenvalue weighted by Gasteiger charge is 2.71. The highest BCUT2D eigenvalue weighted by atomic mass is 16.8. The molecule has 14 unspecified atom stereocenters. The molecule has 6 fully saturated rings. The summed E-state index contributed by atoms with van der Waals surface area (Å²) in [6, 6.07) is 0. The number of aliphatic hydroxyl groups excluding tert-OH is 5. The van der Waals surface area contributed by atoms with E-state index in [4.69, 9.17) is 18.9 Å². The topological polar surface area (TPSA) is 267 Å². The van der Waals surface area contributed by atoms with Gasteiger partial charge in [0.05, 0.1) is 11.5 Å². The Labute approximate surface area is 337 Å². The molecule has 2 aliphatic heterocycles. The fourth-order valence-corrected chi connectivity index (χ4v) is 13.4. The molecule has 8 N–H and O–H groups in total. The lowest BCUT2D eigenvalue weighted by Crippen LogP contribution is -2.68. The van der Waals surface area contributed by atoms with Crippen LogP contribution in [0.25, 0.3) is 0 Å². The average Bonchev–Trinajstić information content (AvgIpc) is 3.13. The van der Waals surface area contributed by atoms with Crippen LogP contribution < -0.4 is 0 Å². The molecule has 4 saturated carbocycles. The fraction of sp³-hybridized carbons (Fsp3) is 0.857. The number of ether oxygens (including phenoxy) is 4. The third-order valence-electron chi connectivity index (χ3n) is 17.2. The van der Waals surface area contributed by atoms with Crippen molar-refractivity contribution in [2.24, 2.45) is 50.2 Å². The lowest BCUT2D eigenvalue weighted by Gasteiger charge is -2.70. The van der Waals surface area contributed by atoms with Gasteiger partial charge in [0.2, 0.25) is 0 Å². The predicted molar refractivity (Wildman–Crippen MR) is 199 cm³/mol. The maximum atomic E-state index is 14.8. The molecule has 16 nitrogen and oxygen atoms in total. The first kappa shape index (κ1) is 43.5. The molecule has 19 atom stereocenters. The first-order valence-corrected chi connectivity index (χ1v) is 20.7. The van der Waals surface area contributed by atoms with Gasteiger partial charge in [-0.05, 0) is 110 Å². The quantitative estimate of drug-likeness (QED) is 0.171. The standard InChI is InChI=1S/C42H62O16/c1-37(2)21-8-11-42(7)31(20(43)16-18-19-17-39(4,36(53)54)13-12-38(19,3)14-15-41(18,42)6)40(21,5)10-9-22(37)55-35-30(26(47)25(46)29(57-35)33(51)52)58-34-27(48)23(44)24(45)28(56-34)32(49)50/h16,19,21-31,34-35,44-48H,8-15,17H2,1-7H3,(H,49,50)(H,51,52)(H,53,54)/t19-,21+,22?,23?,24?,25?,26?,27?,28?,29?,30?,31-,34+,35+,38?,39?,40?,41?,42?/m1/s1. The van der Waals surface area contributed by atoms with Crippen LogP contribution in [0.3, 0.4) is 0 Å².